The van der Waals surface area contributed by atoms with Crippen LogP contribution < -0.4 is 5.73 Å². The van der Waals surface area contributed by atoms with Gasteiger partial charge >= 0.3 is 0 Å². The van der Waals surface area contributed by atoms with Crippen molar-refractivity contribution in [3.05, 3.63) is 15.6 Å². The van der Waals surface area contributed by atoms with E-state index in [1.54, 1.807) is 6.20 Å². The fraction of sp³-hybridized carbons (Fsp3) is 0.636. The Balaban J connectivity index is 2.35. The number of hydrogen-bond donors (Lipinski definition) is 1. The van der Waals surface area contributed by atoms with E-state index in [0.29, 0.717) is 12.4 Å². The van der Waals surface area contributed by atoms with E-state index in [2.05, 4.69) is 32.6 Å². The highest BCUT2D eigenvalue weighted by atomic mass is 127. The lowest BCUT2D eigenvalue weighted by atomic mass is 10.0. The van der Waals surface area contributed by atoms with Crippen LogP contribution >= 0.6 is 22.6 Å². The number of anilines is 1. The van der Waals surface area contributed by atoms with Crippen LogP contribution in [0.3, 0.4) is 0 Å². The minimum absolute atomic E-state index is 0.285. The lowest BCUT2D eigenvalue weighted by Gasteiger charge is -2.27. The summed E-state index contributed by atoms with van der Waals surface area (Å²) in [5.41, 5.74) is 5.54. The second-order valence-electron chi connectivity index (χ2n) is 4.06. The van der Waals surface area contributed by atoms with Crippen molar-refractivity contribution in [2.24, 2.45) is 0 Å². The third-order valence-electron chi connectivity index (χ3n) is 3.01. The third-order valence-corrected chi connectivity index (χ3v) is 3.84. The molecule has 0 spiro atoms. The van der Waals surface area contributed by atoms with Gasteiger partial charge in [0, 0.05) is 12.8 Å². The number of halogens is 1. The maximum atomic E-state index is 5.89. The topological polar surface area (TPSA) is 61.0 Å². The van der Waals surface area contributed by atoms with Gasteiger partial charge < -0.3 is 10.5 Å². The van der Waals surface area contributed by atoms with Crippen LogP contribution in [0.25, 0.3) is 0 Å². The molecule has 4 nitrogen and oxygen atoms in total. The SMILES string of the molecule is CCOC1(c2ncc(I)c(N)n2)CCCC1. The molecule has 1 aliphatic carbocycles. The summed E-state index contributed by atoms with van der Waals surface area (Å²) in [6.07, 6.45) is 6.13. The highest BCUT2D eigenvalue weighted by molar-refractivity contribution is 14.1. The summed E-state index contributed by atoms with van der Waals surface area (Å²) in [6, 6.07) is 0. The lowest BCUT2D eigenvalue weighted by Crippen LogP contribution is -2.29. The second kappa shape index (κ2) is 4.83. The van der Waals surface area contributed by atoms with Crippen LogP contribution in [0.4, 0.5) is 5.82 Å². The summed E-state index contributed by atoms with van der Waals surface area (Å²) in [7, 11) is 0. The van der Waals surface area contributed by atoms with Crippen LogP contribution in [0.5, 0.6) is 0 Å². The van der Waals surface area contributed by atoms with E-state index < -0.39 is 0 Å². The average molecular weight is 333 g/mol. The Morgan fingerprint density at radius 2 is 2.19 bits per heavy atom. The molecule has 5 heteroatoms. The highest BCUT2D eigenvalue weighted by Crippen LogP contribution is 2.40. The Labute approximate surface area is 109 Å². The first kappa shape index (κ1) is 12.0. The van der Waals surface area contributed by atoms with E-state index in [1.807, 2.05) is 6.92 Å². The highest BCUT2D eigenvalue weighted by Gasteiger charge is 2.39. The predicted molar refractivity (Wildman–Crippen MR) is 70.9 cm³/mol. The first-order chi connectivity index (χ1) is 7.68. The molecule has 88 valence electrons. The first-order valence-electron chi connectivity index (χ1n) is 5.60. The molecule has 0 radical (unpaired) electrons. The van der Waals surface area contributed by atoms with Gasteiger partial charge in [0.2, 0.25) is 0 Å². The minimum atomic E-state index is -0.285. The molecule has 0 bridgehead atoms. The standard InChI is InChI=1S/C11H16IN3O/c1-2-16-11(5-3-4-6-11)10-14-7-8(12)9(13)15-10/h7H,2-6H2,1H3,(H2,13,14,15). The van der Waals surface area contributed by atoms with E-state index in [4.69, 9.17) is 10.5 Å². The Hall–Kier alpha value is -0.430. The second-order valence-corrected chi connectivity index (χ2v) is 5.22. The van der Waals surface area contributed by atoms with Gasteiger partial charge in [0.1, 0.15) is 11.4 Å². The zero-order valence-electron chi connectivity index (χ0n) is 9.37. The van der Waals surface area contributed by atoms with Gasteiger partial charge in [-0.15, -0.1) is 0 Å². The summed E-state index contributed by atoms with van der Waals surface area (Å²) in [4.78, 5) is 8.77. The molecular formula is C11H16IN3O. The average Bonchev–Trinajstić information content (AvgIpc) is 2.72. The van der Waals surface area contributed by atoms with Gasteiger partial charge in [-0.25, -0.2) is 9.97 Å². The number of nitrogen functional groups attached to an aromatic ring is 1. The fourth-order valence-electron chi connectivity index (χ4n) is 2.25. The quantitative estimate of drug-likeness (QED) is 0.864. The van der Waals surface area contributed by atoms with Gasteiger partial charge in [-0.3, -0.25) is 0 Å². The lowest BCUT2D eigenvalue weighted by molar-refractivity contribution is -0.0456. The molecule has 1 aromatic heterocycles. The number of nitrogens with zero attached hydrogens (tertiary/aromatic N) is 2. The molecule has 16 heavy (non-hydrogen) atoms. The van der Waals surface area contributed by atoms with Crippen molar-refractivity contribution in [3.63, 3.8) is 0 Å². The van der Waals surface area contributed by atoms with E-state index in [0.717, 1.165) is 22.2 Å². The summed E-state index contributed by atoms with van der Waals surface area (Å²) in [5, 5.41) is 0. The van der Waals surface area contributed by atoms with Crippen molar-refractivity contribution in [3.8, 4) is 0 Å². The maximum absolute atomic E-state index is 5.89. The molecule has 0 saturated heterocycles. The zero-order chi connectivity index (χ0) is 11.6. The van der Waals surface area contributed by atoms with E-state index in [-0.39, 0.29) is 5.60 Å². The van der Waals surface area contributed by atoms with Gasteiger partial charge in [-0.05, 0) is 55.2 Å². The normalized spacial score (nSPS) is 18.9. The first-order valence-corrected chi connectivity index (χ1v) is 6.68. The molecule has 1 saturated carbocycles. The van der Waals surface area contributed by atoms with Crippen LogP contribution in [-0.2, 0) is 10.3 Å². The van der Waals surface area contributed by atoms with Crippen molar-refractivity contribution >= 4 is 28.4 Å². The van der Waals surface area contributed by atoms with E-state index in [9.17, 15) is 0 Å². The molecule has 0 amide bonds. The third kappa shape index (κ3) is 2.15. The van der Waals surface area contributed by atoms with Crippen molar-refractivity contribution in [1.82, 2.24) is 9.97 Å². The number of aromatic nitrogens is 2. The zero-order valence-corrected chi connectivity index (χ0v) is 11.5. The van der Waals surface area contributed by atoms with Crippen LogP contribution in [0, 0.1) is 3.57 Å². The van der Waals surface area contributed by atoms with Crippen LogP contribution in [0.2, 0.25) is 0 Å². The predicted octanol–water partition coefficient (Wildman–Crippen LogP) is 2.47. The molecule has 0 aromatic carbocycles. The Morgan fingerprint density at radius 1 is 1.50 bits per heavy atom. The van der Waals surface area contributed by atoms with Crippen molar-refractivity contribution in [2.45, 2.75) is 38.2 Å². The maximum Gasteiger partial charge on any atom is 0.162 e. The van der Waals surface area contributed by atoms with E-state index >= 15 is 0 Å². The molecule has 1 aromatic rings. The molecule has 1 aliphatic rings. The van der Waals surface area contributed by atoms with Crippen molar-refractivity contribution in [1.29, 1.82) is 0 Å². The molecule has 0 atom stereocenters. The number of ether oxygens (including phenoxy) is 1. The molecule has 0 unspecified atom stereocenters. The molecule has 2 N–H and O–H groups in total. The fourth-order valence-corrected chi connectivity index (χ4v) is 2.51. The molecule has 2 rings (SSSR count). The number of nitrogens with two attached hydrogens (primary N) is 1. The number of hydrogen-bond acceptors (Lipinski definition) is 4. The molecule has 1 heterocycles. The molecule has 1 fully saturated rings. The van der Waals surface area contributed by atoms with Crippen molar-refractivity contribution < 1.29 is 4.74 Å². The molecule has 0 aliphatic heterocycles. The largest absolute Gasteiger partial charge is 0.383 e. The summed E-state index contributed by atoms with van der Waals surface area (Å²) >= 11 is 2.14. The Bertz CT molecular complexity index is 377. The minimum Gasteiger partial charge on any atom is -0.383 e. The van der Waals surface area contributed by atoms with Crippen molar-refractivity contribution in [2.75, 3.05) is 12.3 Å². The van der Waals surface area contributed by atoms with Gasteiger partial charge in [0.25, 0.3) is 0 Å². The monoisotopic (exact) mass is 333 g/mol. The number of rotatable bonds is 3. The van der Waals surface area contributed by atoms with Gasteiger partial charge in [0.05, 0.1) is 3.57 Å². The van der Waals surface area contributed by atoms with E-state index in [1.165, 1.54) is 12.8 Å². The summed E-state index contributed by atoms with van der Waals surface area (Å²) in [6.45, 7) is 2.70. The summed E-state index contributed by atoms with van der Waals surface area (Å²) < 4.78 is 6.78. The Morgan fingerprint density at radius 3 is 2.75 bits per heavy atom. The van der Waals surface area contributed by atoms with Gasteiger partial charge in [-0.2, -0.15) is 0 Å². The van der Waals surface area contributed by atoms with Crippen LogP contribution in [-0.4, -0.2) is 16.6 Å². The van der Waals surface area contributed by atoms with Crippen LogP contribution in [0.15, 0.2) is 6.20 Å². The summed E-state index contributed by atoms with van der Waals surface area (Å²) in [5.74, 6) is 1.31. The molecular weight excluding hydrogens is 317 g/mol. The smallest absolute Gasteiger partial charge is 0.162 e. The van der Waals surface area contributed by atoms with Gasteiger partial charge in [0.15, 0.2) is 5.82 Å². The van der Waals surface area contributed by atoms with Crippen LogP contribution in [0.1, 0.15) is 38.4 Å². The Kier molecular flexibility index (Phi) is 3.63. The van der Waals surface area contributed by atoms with Gasteiger partial charge in [-0.1, -0.05) is 0 Å².